The van der Waals surface area contributed by atoms with Crippen molar-refractivity contribution in [2.45, 2.75) is 34.3 Å². The van der Waals surface area contributed by atoms with Gasteiger partial charge in [-0.2, -0.15) is 0 Å². The number of imidazole rings is 1. The third-order valence-electron chi connectivity index (χ3n) is 4.25. The van der Waals surface area contributed by atoms with Gasteiger partial charge in [-0.1, -0.05) is 25.4 Å². The van der Waals surface area contributed by atoms with E-state index in [2.05, 4.69) is 15.0 Å². The van der Waals surface area contributed by atoms with Crippen molar-refractivity contribution in [2.75, 3.05) is 6.61 Å². The topological polar surface area (TPSA) is 108 Å². The first-order chi connectivity index (χ1) is 14.3. The van der Waals surface area contributed by atoms with Crippen LogP contribution in [0.4, 0.5) is 0 Å². The molecule has 3 N–H and O–H groups in total. The predicted octanol–water partition coefficient (Wildman–Crippen LogP) is 4.80. The minimum atomic E-state index is -0.958. The van der Waals surface area contributed by atoms with E-state index in [0.29, 0.717) is 17.3 Å². The summed E-state index contributed by atoms with van der Waals surface area (Å²) in [6, 6.07) is 11.0. The molecule has 3 aromatic rings. The summed E-state index contributed by atoms with van der Waals surface area (Å²) in [5.41, 5.74) is 1.91. The predicted molar refractivity (Wildman–Crippen MR) is 116 cm³/mol. The average molecular weight is 432 g/mol. The number of halogens is 1. The first-order valence-electron chi connectivity index (χ1n) is 9.58. The van der Waals surface area contributed by atoms with E-state index in [4.69, 9.17) is 21.4 Å². The van der Waals surface area contributed by atoms with Crippen molar-refractivity contribution in [1.29, 1.82) is 0 Å². The van der Waals surface area contributed by atoms with Crippen LogP contribution in [-0.4, -0.2) is 37.7 Å². The minimum Gasteiger partial charge on any atom is -0.492 e. The van der Waals surface area contributed by atoms with Gasteiger partial charge in [0.1, 0.15) is 18.2 Å². The number of carboxylic acid groups (broad SMARTS) is 1. The molecule has 0 spiro atoms. The van der Waals surface area contributed by atoms with Crippen molar-refractivity contribution in [1.82, 2.24) is 15.0 Å². The van der Waals surface area contributed by atoms with Gasteiger partial charge in [0.15, 0.2) is 5.15 Å². The maximum atomic E-state index is 11.1. The summed E-state index contributed by atoms with van der Waals surface area (Å²) in [5.74, 6) is 0.228. The third kappa shape index (κ3) is 5.58. The molecular weight excluding hydrogens is 406 g/mol. The number of nitrogens with one attached hydrogen (secondary N) is 1. The molecule has 0 bridgehead atoms. The van der Waals surface area contributed by atoms with Crippen molar-refractivity contribution in [3.8, 4) is 28.4 Å². The van der Waals surface area contributed by atoms with Crippen LogP contribution in [0.5, 0.6) is 5.75 Å². The van der Waals surface area contributed by atoms with Crippen LogP contribution in [0.25, 0.3) is 22.6 Å². The standard InChI is InChI=1S/C20H20ClN3O4.C2H6/c1-20(2,19(26)27)11-28-14-6-3-12(4-7-14)15-8-5-13(9-22-15)18-23-16(10-25)17(21)24-18;1-2/h3-9,25H,10-11H2,1-2H3,(H,23,24)(H,26,27);1-2H3. The number of rotatable bonds is 7. The van der Waals surface area contributed by atoms with Crippen molar-refractivity contribution in [2.24, 2.45) is 5.41 Å². The maximum Gasteiger partial charge on any atom is 0.312 e. The van der Waals surface area contributed by atoms with Gasteiger partial charge < -0.3 is 19.9 Å². The Kier molecular flexibility index (Phi) is 7.97. The van der Waals surface area contributed by atoms with Crippen molar-refractivity contribution in [3.63, 3.8) is 0 Å². The van der Waals surface area contributed by atoms with Gasteiger partial charge in [0, 0.05) is 17.3 Å². The zero-order valence-electron chi connectivity index (χ0n) is 17.4. The van der Waals surface area contributed by atoms with Gasteiger partial charge >= 0.3 is 5.97 Å². The van der Waals surface area contributed by atoms with Gasteiger partial charge in [0.25, 0.3) is 0 Å². The van der Waals surface area contributed by atoms with Crippen LogP contribution in [-0.2, 0) is 11.4 Å². The number of aromatic amines is 1. The van der Waals surface area contributed by atoms with Crippen LogP contribution in [0.15, 0.2) is 42.6 Å². The van der Waals surface area contributed by atoms with E-state index in [9.17, 15) is 9.90 Å². The fourth-order valence-corrected chi connectivity index (χ4v) is 2.57. The molecule has 8 heteroatoms. The Labute approximate surface area is 180 Å². The number of aliphatic hydroxyl groups excluding tert-OH is 1. The molecule has 0 atom stereocenters. The first-order valence-corrected chi connectivity index (χ1v) is 9.96. The zero-order valence-corrected chi connectivity index (χ0v) is 18.2. The number of carbonyl (C=O) groups is 1. The van der Waals surface area contributed by atoms with Crippen molar-refractivity contribution in [3.05, 3.63) is 53.4 Å². The molecule has 2 heterocycles. The van der Waals surface area contributed by atoms with Crippen molar-refractivity contribution < 1.29 is 19.7 Å². The summed E-state index contributed by atoms with van der Waals surface area (Å²) in [6.07, 6.45) is 1.67. The lowest BCUT2D eigenvalue weighted by Crippen LogP contribution is -2.30. The van der Waals surface area contributed by atoms with Gasteiger partial charge in [-0.05, 0) is 50.2 Å². The number of carboxylic acids is 1. The Morgan fingerprint density at radius 3 is 2.27 bits per heavy atom. The Bertz CT molecular complexity index is 967. The second-order valence-electron chi connectivity index (χ2n) is 6.95. The van der Waals surface area contributed by atoms with Crippen LogP contribution in [0, 0.1) is 5.41 Å². The molecule has 160 valence electrons. The van der Waals surface area contributed by atoms with E-state index in [1.54, 1.807) is 32.2 Å². The Balaban J connectivity index is 0.00000155. The van der Waals surface area contributed by atoms with E-state index >= 15 is 0 Å². The fraction of sp³-hybridized carbons (Fsp3) is 0.318. The third-order valence-corrected chi connectivity index (χ3v) is 4.56. The molecule has 3 rings (SSSR count). The van der Waals surface area contributed by atoms with Crippen LogP contribution in [0.3, 0.4) is 0 Å². The molecule has 0 saturated carbocycles. The highest BCUT2D eigenvalue weighted by atomic mass is 35.5. The van der Waals surface area contributed by atoms with Gasteiger partial charge in [-0.3, -0.25) is 9.78 Å². The fourth-order valence-electron chi connectivity index (χ4n) is 2.38. The van der Waals surface area contributed by atoms with Crippen LogP contribution < -0.4 is 4.74 Å². The number of aromatic nitrogens is 3. The normalized spacial score (nSPS) is 10.9. The van der Waals surface area contributed by atoms with Gasteiger partial charge in [0.2, 0.25) is 0 Å². The summed E-state index contributed by atoms with van der Waals surface area (Å²) in [6.45, 7) is 7.10. The number of ether oxygens (including phenoxy) is 1. The lowest BCUT2D eigenvalue weighted by atomic mass is 9.95. The summed E-state index contributed by atoms with van der Waals surface area (Å²) in [7, 11) is 0. The maximum absolute atomic E-state index is 11.1. The molecule has 0 amide bonds. The summed E-state index contributed by atoms with van der Waals surface area (Å²) < 4.78 is 5.58. The summed E-state index contributed by atoms with van der Waals surface area (Å²) >= 11 is 5.94. The van der Waals surface area contributed by atoms with Crippen LogP contribution >= 0.6 is 11.6 Å². The molecule has 7 nitrogen and oxygen atoms in total. The highest BCUT2D eigenvalue weighted by Crippen LogP contribution is 2.26. The lowest BCUT2D eigenvalue weighted by molar-refractivity contribution is -0.148. The summed E-state index contributed by atoms with van der Waals surface area (Å²) in [5, 5.41) is 18.6. The Morgan fingerprint density at radius 1 is 1.13 bits per heavy atom. The molecule has 0 saturated heterocycles. The van der Waals surface area contributed by atoms with Gasteiger partial charge in [0.05, 0.1) is 23.4 Å². The quantitative estimate of drug-likeness (QED) is 0.495. The number of hydrogen-bond acceptors (Lipinski definition) is 5. The molecule has 2 aromatic heterocycles. The number of aliphatic carboxylic acids is 1. The molecule has 0 radical (unpaired) electrons. The number of benzene rings is 1. The number of pyridine rings is 1. The largest absolute Gasteiger partial charge is 0.492 e. The van der Waals surface area contributed by atoms with Crippen molar-refractivity contribution >= 4 is 17.6 Å². The Hall–Kier alpha value is -2.90. The molecule has 0 aliphatic carbocycles. The average Bonchev–Trinajstić information content (AvgIpc) is 3.15. The number of hydrogen-bond donors (Lipinski definition) is 3. The smallest absolute Gasteiger partial charge is 0.312 e. The zero-order chi connectivity index (χ0) is 22.3. The monoisotopic (exact) mass is 431 g/mol. The first kappa shape index (κ1) is 23.4. The van der Waals surface area contributed by atoms with Gasteiger partial charge in [-0.15, -0.1) is 0 Å². The van der Waals surface area contributed by atoms with E-state index in [0.717, 1.165) is 16.8 Å². The van der Waals surface area contributed by atoms with E-state index in [1.807, 2.05) is 38.1 Å². The number of aliphatic hydroxyl groups is 1. The number of nitrogens with zero attached hydrogens (tertiary/aromatic N) is 2. The molecule has 30 heavy (non-hydrogen) atoms. The summed E-state index contributed by atoms with van der Waals surface area (Å²) in [4.78, 5) is 22.7. The second kappa shape index (κ2) is 10.2. The van der Waals surface area contributed by atoms with Crippen LogP contribution in [0.2, 0.25) is 5.15 Å². The molecular formula is C22H26ClN3O4. The van der Waals surface area contributed by atoms with E-state index in [1.165, 1.54) is 0 Å². The molecule has 1 aromatic carbocycles. The Morgan fingerprint density at radius 2 is 1.77 bits per heavy atom. The van der Waals surface area contributed by atoms with Gasteiger partial charge in [-0.25, -0.2) is 4.98 Å². The lowest BCUT2D eigenvalue weighted by Gasteiger charge is -2.19. The van der Waals surface area contributed by atoms with E-state index in [-0.39, 0.29) is 18.4 Å². The second-order valence-corrected chi connectivity index (χ2v) is 7.31. The highest BCUT2D eigenvalue weighted by molar-refractivity contribution is 6.30. The SMILES string of the molecule is CC.CC(C)(COc1ccc(-c2ccc(-c3nc(Cl)c(CO)[nH]3)cn2)cc1)C(=O)O. The molecule has 0 unspecified atom stereocenters. The van der Waals surface area contributed by atoms with E-state index < -0.39 is 11.4 Å². The molecule has 0 fully saturated rings. The molecule has 0 aliphatic heterocycles. The molecule has 0 aliphatic rings. The number of H-pyrrole nitrogens is 1. The van der Waals surface area contributed by atoms with Crippen LogP contribution in [0.1, 0.15) is 33.4 Å². The minimum absolute atomic E-state index is 0.0795. The highest BCUT2D eigenvalue weighted by Gasteiger charge is 2.28.